The molecule has 5 nitrogen and oxygen atoms in total. The predicted molar refractivity (Wildman–Crippen MR) is 116 cm³/mol. The molecule has 6 rings (SSSR count). The van der Waals surface area contributed by atoms with Crippen LogP contribution in [0.4, 0.5) is 0 Å². The smallest absolute Gasteiger partial charge is 0.271 e. The molecule has 1 aliphatic carbocycles. The molecule has 1 saturated heterocycles. The molecule has 1 unspecified atom stereocenters. The van der Waals surface area contributed by atoms with Crippen molar-refractivity contribution in [3.05, 3.63) is 100 Å². The van der Waals surface area contributed by atoms with Crippen LogP contribution in [0.3, 0.4) is 0 Å². The van der Waals surface area contributed by atoms with Crippen molar-refractivity contribution in [1.82, 2.24) is 9.66 Å². The zero-order valence-corrected chi connectivity index (χ0v) is 16.8. The van der Waals surface area contributed by atoms with Crippen LogP contribution in [0.5, 0.6) is 0 Å². The van der Waals surface area contributed by atoms with Crippen molar-refractivity contribution in [3.8, 4) is 11.1 Å². The van der Waals surface area contributed by atoms with Gasteiger partial charge in [0.05, 0.1) is 10.9 Å². The number of carbonyl (C=O) groups excluding carboxylic acids is 1. The van der Waals surface area contributed by atoms with E-state index in [1.54, 1.807) is 25.1 Å². The number of aryl methyl sites for hydroxylation is 1. The molecule has 4 aromatic rings. The summed E-state index contributed by atoms with van der Waals surface area (Å²) in [5.74, 6) is 0.127. The Morgan fingerprint density at radius 3 is 2.10 bits per heavy atom. The summed E-state index contributed by atoms with van der Waals surface area (Å²) in [6, 6.07) is 23.0. The first-order valence-electron chi connectivity index (χ1n) is 9.73. The molecule has 2 aliphatic rings. The van der Waals surface area contributed by atoms with E-state index in [0.717, 1.165) is 22.3 Å². The van der Waals surface area contributed by atoms with Crippen LogP contribution in [0, 0.1) is 6.92 Å². The Hall–Kier alpha value is -3.44. The van der Waals surface area contributed by atoms with E-state index in [9.17, 15) is 9.59 Å². The van der Waals surface area contributed by atoms with Crippen LogP contribution >= 0.6 is 11.6 Å². The quantitative estimate of drug-likeness (QED) is 0.353. The van der Waals surface area contributed by atoms with Gasteiger partial charge < -0.3 is 0 Å². The Kier molecular flexibility index (Phi) is 3.37. The lowest BCUT2D eigenvalue weighted by molar-refractivity contribution is -0.129. The lowest BCUT2D eigenvalue weighted by atomic mass is 9.76. The maximum Gasteiger partial charge on any atom is 0.280 e. The first-order chi connectivity index (χ1) is 14.6. The largest absolute Gasteiger partial charge is 0.280 e. The lowest BCUT2D eigenvalue weighted by Crippen LogP contribution is -2.76. The number of benzene rings is 3. The Labute approximate surface area is 177 Å². The van der Waals surface area contributed by atoms with Gasteiger partial charge in [-0.1, -0.05) is 60.7 Å². The molecule has 1 amide bonds. The van der Waals surface area contributed by atoms with E-state index < -0.39 is 10.9 Å². The number of aromatic nitrogens is 2. The molecule has 30 heavy (non-hydrogen) atoms. The van der Waals surface area contributed by atoms with Gasteiger partial charge in [-0.3, -0.25) is 9.59 Å². The zero-order chi connectivity index (χ0) is 20.6. The summed E-state index contributed by atoms with van der Waals surface area (Å²) in [4.78, 5) is 31.3. The van der Waals surface area contributed by atoms with Crippen LogP contribution in [0.15, 0.2) is 77.6 Å². The molecular formula is C24H16ClN3O2. The number of rotatable bonds is 1. The first-order valence-corrected chi connectivity index (χ1v) is 10.2. The molecule has 0 N–H and O–H groups in total. The Bertz CT molecular complexity index is 1400. The van der Waals surface area contributed by atoms with Crippen molar-refractivity contribution in [3.63, 3.8) is 0 Å². The average molecular weight is 414 g/mol. The summed E-state index contributed by atoms with van der Waals surface area (Å²) in [6.45, 7) is 1.74. The van der Waals surface area contributed by atoms with Crippen LogP contribution in [0.25, 0.3) is 22.0 Å². The number of fused-ring (bicyclic) bond motifs is 6. The molecule has 6 heteroatoms. The summed E-state index contributed by atoms with van der Waals surface area (Å²) in [5.41, 5.74) is 3.26. The van der Waals surface area contributed by atoms with Crippen LogP contribution in [-0.4, -0.2) is 20.9 Å². The van der Waals surface area contributed by atoms with Gasteiger partial charge in [-0.25, -0.2) is 9.99 Å². The molecule has 1 fully saturated rings. The minimum atomic E-state index is -0.954. The third-order valence-electron chi connectivity index (χ3n) is 6.21. The van der Waals surface area contributed by atoms with Gasteiger partial charge in [-0.15, -0.1) is 11.6 Å². The molecule has 2 heterocycles. The molecule has 1 aliphatic heterocycles. The second-order valence-corrected chi connectivity index (χ2v) is 8.10. The van der Waals surface area contributed by atoms with E-state index in [4.69, 9.17) is 11.6 Å². The van der Waals surface area contributed by atoms with Crippen LogP contribution in [0.2, 0.25) is 0 Å². The topological polar surface area (TPSA) is 55.2 Å². The summed E-state index contributed by atoms with van der Waals surface area (Å²) < 4.78 is 1.39. The van der Waals surface area contributed by atoms with E-state index in [1.165, 1.54) is 9.69 Å². The number of para-hydroxylation sites is 1. The fourth-order valence-corrected chi connectivity index (χ4v) is 5.39. The molecular weight excluding hydrogens is 398 g/mol. The third-order valence-corrected chi connectivity index (χ3v) is 6.71. The van der Waals surface area contributed by atoms with Crippen molar-refractivity contribution in [1.29, 1.82) is 0 Å². The SMILES string of the molecule is Cc1nc2ccccc2c(=O)n1N1C(=O)C(Cl)C12c1ccccc1-c1ccccc12. The van der Waals surface area contributed by atoms with Crippen molar-refractivity contribution in [2.75, 3.05) is 5.01 Å². The Morgan fingerprint density at radius 1 is 0.867 bits per heavy atom. The lowest BCUT2D eigenvalue weighted by Gasteiger charge is -2.54. The highest BCUT2D eigenvalue weighted by molar-refractivity contribution is 6.38. The van der Waals surface area contributed by atoms with Crippen molar-refractivity contribution < 1.29 is 4.79 Å². The van der Waals surface area contributed by atoms with E-state index in [0.29, 0.717) is 16.7 Å². The van der Waals surface area contributed by atoms with E-state index in [1.807, 2.05) is 54.6 Å². The van der Waals surface area contributed by atoms with Crippen LogP contribution in [-0.2, 0) is 10.3 Å². The fraction of sp³-hybridized carbons (Fsp3) is 0.125. The first kappa shape index (κ1) is 17.4. The van der Waals surface area contributed by atoms with Gasteiger partial charge in [0.1, 0.15) is 16.7 Å². The maximum absolute atomic E-state index is 13.5. The molecule has 1 aromatic heterocycles. The van der Waals surface area contributed by atoms with E-state index in [2.05, 4.69) is 4.98 Å². The minimum Gasteiger partial charge on any atom is -0.271 e. The minimum absolute atomic E-state index is 0.281. The van der Waals surface area contributed by atoms with Crippen molar-refractivity contribution in [2.24, 2.45) is 0 Å². The number of carbonyl (C=O) groups is 1. The second kappa shape index (κ2) is 5.80. The van der Waals surface area contributed by atoms with Crippen LogP contribution < -0.4 is 10.6 Å². The highest BCUT2D eigenvalue weighted by atomic mass is 35.5. The number of hydrogen-bond donors (Lipinski definition) is 0. The zero-order valence-electron chi connectivity index (χ0n) is 16.0. The Balaban J connectivity index is 1.71. The van der Waals surface area contributed by atoms with Gasteiger partial charge in [0, 0.05) is 0 Å². The monoisotopic (exact) mass is 413 g/mol. The molecule has 3 aromatic carbocycles. The van der Waals surface area contributed by atoms with Crippen LogP contribution in [0.1, 0.15) is 17.0 Å². The molecule has 0 radical (unpaired) electrons. The number of nitrogens with zero attached hydrogens (tertiary/aromatic N) is 3. The summed E-state index contributed by atoms with van der Waals surface area (Å²) in [5, 5.41) is 1.15. The number of alkyl halides is 1. The van der Waals surface area contributed by atoms with Gasteiger partial charge in [0.15, 0.2) is 0 Å². The van der Waals surface area contributed by atoms with E-state index >= 15 is 0 Å². The molecule has 1 spiro atoms. The standard InChI is InChI=1S/C24H16ClN3O2/c1-14-26-20-13-7-4-10-17(20)22(29)27(14)28-23(30)21(25)24(28)18-11-5-2-8-15(18)16-9-3-6-12-19(16)24/h2-13,21H,1H3. The highest BCUT2D eigenvalue weighted by Gasteiger charge is 2.66. The average Bonchev–Trinajstić information content (AvgIpc) is 3.09. The summed E-state index contributed by atoms with van der Waals surface area (Å²) in [7, 11) is 0. The molecule has 0 bridgehead atoms. The van der Waals surface area contributed by atoms with Gasteiger partial charge in [-0.2, -0.15) is 4.68 Å². The molecule has 146 valence electrons. The fourth-order valence-electron chi connectivity index (χ4n) is 4.97. The highest BCUT2D eigenvalue weighted by Crippen LogP contribution is 2.57. The van der Waals surface area contributed by atoms with Gasteiger partial charge in [0.2, 0.25) is 0 Å². The number of β-lactam (4-membered cyclic amide) rings is 1. The molecule has 0 saturated carbocycles. The summed E-state index contributed by atoms with van der Waals surface area (Å²) in [6.07, 6.45) is 0. The number of amides is 1. The van der Waals surface area contributed by atoms with E-state index in [-0.39, 0.29) is 11.5 Å². The van der Waals surface area contributed by atoms with Gasteiger partial charge >= 0.3 is 0 Å². The molecule has 1 atom stereocenters. The predicted octanol–water partition coefficient (Wildman–Crippen LogP) is 3.71. The number of halogens is 1. The summed E-state index contributed by atoms with van der Waals surface area (Å²) >= 11 is 6.76. The van der Waals surface area contributed by atoms with Gasteiger partial charge in [0.25, 0.3) is 11.5 Å². The Morgan fingerprint density at radius 2 is 1.43 bits per heavy atom. The maximum atomic E-state index is 13.5. The van der Waals surface area contributed by atoms with Crippen molar-refractivity contribution in [2.45, 2.75) is 17.8 Å². The van der Waals surface area contributed by atoms with Gasteiger partial charge in [-0.05, 0) is 41.3 Å². The third kappa shape index (κ3) is 1.86. The second-order valence-electron chi connectivity index (χ2n) is 7.66. The number of hydrogen-bond acceptors (Lipinski definition) is 3. The normalized spacial score (nSPS) is 18.4. The van der Waals surface area contributed by atoms with Crippen molar-refractivity contribution >= 4 is 28.4 Å².